The van der Waals surface area contributed by atoms with Crippen LogP contribution in [-0.2, 0) is 17.8 Å². The average molecular weight is 328 g/mol. The van der Waals surface area contributed by atoms with Crippen LogP contribution < -0.4 is 5.32 Å². The molecule has 2 heterocycles. The Balaban J connectivity index is 1.66. The SMILES string of the molecule is COCCN1CCn2cc(C(=O)NCc3ccccc3)nc2C1=O. The van der Waals surface area contributed by atoms with Crippen LogP contribution >= 0.6 is 0 Å². The van der Waals surface area contributed by atoms with Crippen LogP contribution in [0.3, 0.4) is 0 Å². The highest BCUT2D eigenvalue weighted by atomic mass is 16.5. The third-order valence-electron chi connectivity index (χ3n) is 3.96. The fourth-order valence-electron chi connectivity index (χ4n) is 2.62. The second-order valence-corrected chi connectivity index (χ2v) is 5.60. The van der Waals surface area contributed by atoms with E-state index in [1.165, 1.54) is 0 Å². The summed E-state index contributed by atoms with van der Waals surface area (Å²) in [4.78, 5) is 30.6. The molecule has 1 aliphatic heterocycles. The van der Waals surface area contributed by atoms with Gasteiger partial charge in [-0.15, -0.1) is 0 Å². The van der Waals surface area contributed by atoms with Gasteiger partial charge in [-0.3, -0.25) is 9.59 Å². The van der Waals surface area contributed by atoms with Crippen LogP contribution in [0.2, 0.25) is 0 Å². The molecule has 0 saturated heterocycles. The Morgan fingerprint density at radius 1 is 1.29 bits per heavy atom. The van der Waals surface area contributed by atoms with E-state index in [0.717, 1.165) is 5.56 Å². The molecule has 7 nitrogen and oxygen atoms in total. The summed E-state index contributed by atoms with van der Waals surface area (Å²) in [6.07, 6.45) is 1.64. The molecule has 0 bridgehead atoms. The number of hydrogen-bond donors (Lipinski definition) is 1. The minimum atomic E-state index is -0.281. The van der Waals surface area contributed by atoms with Crippen molar-refractivity contribution in [1.29, 1.82) is 0 Å². The first-order valence-electron chi connectivity index (χ1n) is 7.86. The van der Waals surface area contributed by atoms with E-state index in [-0.39, 0.29) is 17.5 Å². The van der Waals surface area contributed by atoms with Gasteiger partial charge < -0.3 is 19.5 Å². The summed E-state index contributed by atoms with van der Waals surface area (Å²) < 4.78 is 6.75. The van der Waals surface area contributed by atoms with Crippen molar-refractivity contribution in [2.24, 2.45) is 0 Å². The summed E-state index contributed by atoms with van der Waals surface area (Å²) >= 11 is 0. The topological polar surface area (TPSA) is 76.5 Å². The third kappa shape index (κ3) is 3.46. The van der Waals surface area contributed by atoms with Gasteiger partial charge in [-0.1, -0.05) is 30.3 Å². The molecule has 7 heteroatoms. The van der Waals surface area contributed by atoms with Crippen LogP contribution in [0.15, 0.2) is 36.5 Å². The molecule has 24 heavy (non-hydrogen) atoms. The lowest BCUT2D eigenvalue weighted by molar-refractivity contribution is 0.0634. The number of fused-ring (bicyclic) bond motifs is 1. The molecule has 1 N–H and O–H groups in total. The fourth-order valence-corrected chi connectivity index (χ4v) is 2.62. The molecule has 2 aromatic rings. The number of carbonyl (C=O) groups is 2. The zero-order chi connectivity index (χ0) is 16.9. The van der Waals surface area contributed by atoms with Gasteiger partial charge in [0.1, 0.15) is 5.69 Å². The lowest BCUT2D eigenvalue weighted by Crippen LogP contribution is -2.42. The third-order valence-corrected chi connectivity index (χ3v) is 3.96. The first kappa shape index (κ1) is 16.2. The Morgan fingerprint density at radius 3 is 2.83 bits per heavy atom. The number of ether oxygens (including phenoxy) is 1. The molecule has 2 amide bonds. The molecule has 0 saturated carbocycles. The van der Waals surface area contributed by atoms with Crippen LogP contribution in [0.1, 0.15) is 26.7 Å². The van der Waals surface area contributed by atoms with Crippen LogP contribution in [0.25, 0.3) is 0 Å². The number of nitrogens with zero attached hydrogens (tertiary/aromatic N) is 3. The average Bonchev–Trinajstić information content (AvgIpc) is 3.05. The van der Waals surface area contributed by atoms with Crippen molar-refractivity contribution in [1.82, 2.24) is 19.8 Å². The second-order valence-electron chi connectivity index (χ2n) is 5.60. The first-order valence-corrected chi connectivity index (χ1v) is 7.86. The number of rotatable bonds is 6. The van der Waals surface area contributed by atoms with Gasteiger partial charge in [0.15, 0.2) is 5.82 Å². The quantitative estimate of drug-likeness (QED) is 0.855. The number of nitrogens with one attached hydrogen (secondary N) is 1. The molecule has 0 aliphatic carbocycles. The van der Waals surface area contributed by atoms with Crippen molar-refractivity contribution in [2.45, 2.75) is 13.1 Å². The van der Waals surface area contributed by atoms with Crippen molar-refractivity contribution in [3.05, 3.63) is 53.6 Å². The molecule has 0 atom stereocenters. The zero-order valence-electron chi connectivity index (χ0n) is 13.6. The number of hydrogen-bond acceptors (Lipinski definition) is 4. The summed E-state index contributed by atoms with van der Waals surface area (Å²) in [7, 11) is 1.60. The number of imidazole rings is 1. The van der Waals surface area contributed by atoms with Gasteiger partial charge in [-0.25, -0.2) is 4.98 Å². The molecule has 126 valence electrons. The molecule has 1 aromatic heterocycles. The van der Waals surface area contributed by atoms with Crippen LogP contribution in [0, 0.1) is 0 Å². The van der Waals surface area contributed by atoms with Gasteiger partial charge in [-0.05, 0) is 5.56 Å². The van der Waals surface area contributed by atoms with Crippen molar-refractivity contribution in [3.63, 3.8) is 0 Å². The van der Waals surface area contributed by atoms with E-state index in [4.69, 9.17) is 4.74 Å². The van der Waals surface area contributed by atoms with E-state index in [1.807, 2.05) is 30.3 Å². The second kappa shape index (κ2) is 7.27. The van der Waals surface area contributed by atoms with Crippen molar-refractivity contribution in [3.8, 4) is 0 Å². The molecule has 1 aliphatic rings. The smallest absolute Gasteiger partial charge is 0.290 e. The molecule has 0 fully saturated rings. The molecule has 1 aromatic carbocycles. The summed E-state index contributed by atoms with van der Waals surface area (Å²) in [6, 6.07) is 9.65. The fraction of sp³-hybridized carbons (Fsp3) is 0.353. The number of carbonyl (C=O) groups excluding carboxylic acids is 2. The van der Waals surface area contributed by atoms with Crippen LogP contribution in [0.5, 0.6) is 0 Å². The van der Waals surface area contributed by atoms with Gasteiger partial charge in [0.25, 0.3) is 11.8 Å². The molecule has 0 spiro atoms. The molecular weight excluding hydrogens is 308 g/mol. The monoisotopic (exact) mass is 328 g/mol. The van der Waals surface area contributed by atoms with E-state index < -0.39 is 0 Å². The van der Waals surface area contributed by atoms with E-state index in [0.29, 0.717) is 38.6 Å². The Hall–Kier alpha value is -2.67. The summed E-state index contributed by atoms with van der Waals surface area (Å²) in [5.74, 6) is -0.139. The Bertz CT molecular complexity index is 727. The van der Waals surface area contributed by atoms with Crippen molar-refractivity contribution < 1.29 is 14.3 Å². The molecule has 0 radical (unpaired) electrons. The van der Waals surface area contributed by atoms with E-state index in [2.05, 4.69) is 10.3 Å². The normalized spacial score (nSPS) is 13.7. The lowest BCUT2D eigenvalue weighted by atomic mass is 10.2. The Kier molecular flexibility index (Phi) is 4.90. The lowest BCUT2D eigenvalue weighted by Gasteiger charge is -2.26. The largest absolute Gasteiger partial charge is 0.383 e. The predicted molar refractivity (Wildman–Crippen MR) is 87.6 cm³/mol. The maximum absolute atomic E-state index is 12.4. The predicted octanol–water partition coefficient (Wildman–Crippen LogP) is 0.915. The Labute approximate surface area is 140 Å². The minimum absolute atomic E-state index is 0.166. The van der Waals surface area contributed by atoms with Gasteiger partial charge >= 0.3 is 0 Å². The van der Waals surface area contributed by atoms with E-state index in [9.17, 15) is 9.59 Å². The minimum Gasteiger partial charge on any atom is -0.383 e. The number of benzene rings is 1. The zero-order valence-corrected chi connectivity index (χ0v) is 13.6. The van der Waals surface area contributed by atoms with Crippen LogP contribution in [0.4, 0.5) is 0 Å². The summed E-state index contributed by atoms with van der Waals surface area (Å²) in [5.41, 5.74) is 1.28. The van der Waals surface area contributed by atoms with Gasteiger partial charge in [0, 0.05) is 39.5 Å². The number of amides is 2. The van der Waals surface area contributed by atoms with Crippen LogP contribution in [-0.4, -0.2) is 53.1 Å². The molecule has 3 rings (SSSR count). The molecule has 0 unspecified atom stereocenters. The van der Waals surface area contributed by atoms with Gasteiger partial charge in [0.05, 0.1) is 6.61 Å². The summed E-state index contributed by atoms with van der Waals surface area (Å²) in [6.45, 7) is 2.66. The highest BCUT2D eigenvalue weighted by molar-refractivity contribution is 5.96. The standard InChI is InChI=1S/C17H20N4O3/c1-24-10-9-20-7-8-21-12-14(19-15(21)17(20)23)16(22)18-11-13-5-3-2-4-6-13/h2-6,12H,7-11H2,1H3,(H,18,22). The van der Waals surface area contributed by atoms with E-state index >= 15 is 0 Å². The first-order chi connectivity index (χ1) is 11.7. The van der Waals surface area contributed by atoms with Gasteiger partial charge in [-0.2, -0.15) is 0 Å². The van der Waals surface area contributed by atoms with Crippen molar-refractivity contribution >= 4 is 11.8 Å². The maximum Gasteiger partial charge on any atom is 0.290 e. The molecular formula is C17H20N4O3. The number of aromatic nitrogens is 2. The summed E-state index contributed by atoms with van der Waals surface area (Å²) in [5, 5.41) is 2.83. The van der Waals surface area contributed by atoms with Gasteiger partial charge in [0.2, 0.25) is 0 Å². The van der Waals surface area contributed by atoms with E-state index in [1.54, 1.807) is 22.8 Å². The number of methoxy groups -OCH3 is 1. The highest BCUT2D eigenvalue weighted by Crippen LogP contribution is 2.13. The highest BCUT2D eigenvalue weighted by Gasteiger charge is 2.27. The maximum atomic E-state index is 12.4. The van der Waals surface area contributed by atoms with Crippen molar-refractivity contribution in [2.75, 3.05) is 26.8 Å². The Morgan fingerprint density at radius 2 is 2.08 bits per heavy atom.